The molecule has 21 heavy (non-hydrogen) atoms. The SMILES string of the molecule is CC(C)C1CCC(CC(N)CNC(=O)OC(C)(C)C)CC1. The zero-order valence-corrected chi connectivity index (χ0v) is 14.4. The predicted octanol–water partition coefficient (Wildman–Crippen LogP) is 3.69. The highest BCUT2D eigenvalue weighted by Crippen LogP contribution is 2.34. The summed E-state index contributed by atoms with van der Waals surface area (Å²) in [5.41, 5.74) is 5.69. The van der Waals surface area contributed by atoms with E-state index in [1.165, 1.54) is 25.7 Å². The number of amides is 1. The second kappa shape index (κ2) is 8.02. The molecule has 0 spiro atoms. The Morgan fingerprint density at radius 3 is 2.29 bits per heavy atom. The Balaban J connectivity index is 2.20. The molecule has 3 N–H and O–H groups in total. The third-order valence-electron chi connectivity index (χ3n) is 4.38. The van der Waals surface area contributed by atoms with Gasteiger partial charge >= 0.3 is 6.09 Å². The fraction of sp³-hybridized carbons (Fsp3) is 0.941. The Morgan fingerprint density at radius 1 is 1.24 bits per heavy atom. The third kappa shape index (κ3) is 7.70. The van der Waals surface area contributed by atoms with Crippen molar-refractivity contribution in [2.75, 3.05) is 6.54 Å². The molecule has 124 valence electrons. The smallest absolute Gasteiger partial charge is 0.407 e. The van der Waals surface area contributed by atoms with E-state index < -0.39 is 5.60 Å². The first-order chi connectivity index (χ1) is 9.67. The van der Waals surface area contributed by atoms with Gasteiger partial charge in [0.05, 0.1) is 0 Å². The van der Waals surface area contributed by atoms with Crippen LogP contribution in [0.25, 0.3) is 0 Å². The molecule has 0 aromatic heterocycles. The molecule has 0 radical (unpaired) electrons. The van der Waals surface area contributed by atoms with Crippen molar-refractivity contribution in [3.63, 3.8) is 0 Å². The van der Waals surface area contributed by atoms with Crippen molar-refractivity contribution >= 4 is 6.09 Å². The number of nitrogens with one attached hydrogen (secondary N) is 1. The predicted molar refractivity (Wildman–Crippen MR) is 87.1 cm³/mol. The van der Waals surface area contributed by atoms with Crippen LogP contribution in [0.5, 0.6) is 0 Å². The van der Waals surface area contributed by atoms with Crippen molar-refractivity contribution in [3.8, 4) is 0 Å². The van der Waals surface area contributed by atoms with Crippen LogP contribution in [-0.2, 0) is 4.74 Å². The van der Waals surface area contributed by atoms with E-state index in [-0.39, 0.29) is 12.1 Å². The molecule has 0 saturated heterocycles. The van der Waals surface area contributed by atoms with Gasteiger partial charge in [-0.05, 0) is 57.8 Å². The lowest BCUT2D eigenvalue weighted by Crippen LogP contribution is -2.41. The molecule has 1 rings (SSSR count). The van der Waals surface area contributed by atoms with Crippen LogP contribution in [0, 0.1) is 17.8 Å². The summed E-state index contributed by atoms with van der Waals surface area (Å²) >= 11 is 0. The van der Waals surface area contributed by atoms with Gasteiger partial charge in [0.15, 0.2) is 0 Å². The first-order valence-electron chi connectivity index (χ1n) is 8.40. The summed E-state index contributed by atoms with van der Waals surface area (Å²) in [7, 11) is 0. The lowest BCUT2D eigenvalue weighted by atomic mass is 9.75. The monoisotopic (exact) mass is 298 g/mol. The zero-order chi connectivity index (χ0) is 16.0. The second-order valence-electron chi connectivity index (χ2n) is 7.90. The lowest BCUT2D eigenvalue weighted by molar-refractivity contribution is 0.0522. The number of nitrogens with two attached hydrogens (primary N) is 1. The average Bonchev–Trinajstić information content (AvgIpc) is 2.35. The summed E-state index contributed by atoms with van der Waals surface area (Å²) in [6.07, 6.45) is 5.84. The molecule has 1 saturated carbocycles. The van der Waals surface area contributed by atoms with E-state index in [1.807, 2.05) is 20.8 Å². The van der Waals surface area contributed by atoms with E-state index in [0.29, 0.717) is 6.54 Å². The molecule has 4 nitrogen and oxygen atoms in total. The van der Waals surface area contributed by atoms with E-state index in [1.54, 1.807) is 0 Å². The van der Waals surface area contributed by atoms with Gasteiger partial charge in [-0.3, -0.25) is 0 Å². The van der Waals surface area contributed by atoms with Crippen LogP contribution in [0.2, 0.25) is 0 Å². The van der Waals surface area contributed by atoms with Gasteiger partial charge in [-0.15, -0.1) is 0 Å². The highest BCUT2D eigenvalue weighted by Gasteiger charge is 2.24. The molecule has 0 bridgehead atoms. The molecular weight excluding hydrogens is 264 g/mol. The van der Waals surface area contributed by atoms with Gasteiger partial charge in [0, 0.05) is 12.6 Å². The van der Waals surface area contributed by atoms with Crippen LogP contribution >= 0.6 is 0 Å². The van der Waals surface area contributed by atoms with Crippen LogP contribution in [0.3, 0.4) is 0 Å². The molecule has 0 heterocycles. The first-order valence-corrected chi connectivity index (χ1v) is 8.40. The van der Waals surface area contributed by atoms with Crippen molar-refractivity contribution < 1.29 is 9.53 Å². The molecule has 1 atom stereocenters. The normalized spacial score (nSPS) is 24.7. The Morgan fingerprint density at radius 2 is 1.81 bits per heavy atom. The molecule has 0 aromatic carbocycles. The number of carbonyl (C=O) groups is 1. The maximum Gasteiger partial charge on any atom is 0.407 e. The van der Waals surface area contributed by atoms with E-state index in [0.717, 1.165) is 24.2 Å². The molecule has 4 heteroatoms. The van der Waals surface area contributed by atoms with Gasteiger partial charge in [-0.25, -0.2) is 4.79 Å². The van der Waals surface area contributed by atoms with Gasteiger partial charge in [0.25, 0.3) is 0 Å². The van der Waals surface area contributed by atoms with Gasteiger partial charge < -0.3 is 15.8 Å². The number of ether oxygens (including phenoxy) is 1. The highest BCUT2D eigenvalue weighted by atomic mass is 16.6. The largest absolute Gasteiger partial charge is 0.444 e. The first kappa shape index (κ1) is 18.3. The van der Waals surface area contributed by atoms with Gasteiger partial charge in [0.1, 0.15) is 5.60 Å². The maximum atomic E-state index is 11.6. The Kier molecular flexibility index (Phi) is 6.98. The zero-order valence-electron chi connectivity index (χ0n) is 14.4. The average molecular weight is 298 g/mol. The second-order valence-corrected chi connectivity index (χ2v) is 7.90. The number of rotatable bonds is 5. The summed E-state index contributed by atoms with van der Waals surface area (Å²) in [6.45, 7) is 10.7. The van der Waals surface area contributed by atoms with Gasteiger partial charge in [0.2, 0.25) is 0 Å². The Labute approximate surface area is 130 Å². The van der Waals surface area contributed by atoms with Crippen molar-refractivity contribution in [1.29, 1.82) is 0 Å². The van der Waals surface area contributed by atoms with Gasteiger partial charge in [-0.2, -0.15) is 0 Å². The molecule has 0 aliphatic heterocycles. The Hall–Kier alpha value is -0.770. The number of hydrogen-bond donors (Lipinski definition) is 2. The third-order valence-corrected chi connectivity index (χ3v) is 4.38. The summed E-state index contributed by atoms with van der Waals surface area (Å²) in [4.78, 5) is 11.6. The molecule has 1 aliphatic rings. The van der Waals surface area contributed by atoms with E-state index in [2.05, 4.69) is 19.2 Å². The molecule has 0 aromatic rings. The van der Waals surface area contributed by atoms with Crippen molar-refractivity contribution in [2.45, 2.75) is 78.4 Å². The molecule has 1 amide bonds. The minimum absolute atomic E-state index is 0.0260. The number of hydrogen-bond acceptors (Lipinski definition) is 3. The fourth-order valence-corrected chi connectivity index (χ4v) is 3.13. The number of carbonyl (C=O) groups excluding carboxylic acids is 1. The quantitative estimate of drug-likeness (QED) is 0.813. The molecule has 1 fully saturated rings. The van der Waals surface area contributed by atoms with Crippen LogP contribution in [0.4, 0.5) is 4.79 Å². The maximum absolute atomic E-state index is 11.6. The molecule has 1 aliphatic carbocycles. The topological polar surface area (TPSA) is 64.3 Å². The summed E-state index contributed by atoms with van der Waals surface area (Å²) in [5.74, 6) is 2.40. The summed E-state index contributed by atoms with van der Waals surface area (Å²) in [6, 6.07) is 0.0260. The van der Waals surface area contributed by atoms with Crippen molar-refractivity contribution in [2.24, 2.45) is 23.5 Å². The van der Waals surface area contributed by atoms with Crippen molar-refractivity contribution in [3.05, 3.63) is 0 Å². The van der Waals surface area contributed by atoms with E-state index in [4.69, 9.17) is 10.5 Å². The van der Waals surface area contributed by atoms with Crippen LogP contribution in [-0.4, -0.2) is 24.3 Å². The summed E-state index contributed by atoms with van der Waals surface area (Å²) < 4.78 is 5.21. The van der Waals surface area contributed by atoms with Crippen molar-refractivity contribution in [1.82, 2.24) is 5.32 Å². The van der Waals surface area contributed by atoms with Crippen LogP contribution in [0.1, 0.15) is 66.7 Å². The van der Waals surface area contributed by atoms with Crippen LogP contribution in [0.15, 0.2) is 0 Å². The standard InChI is InChI=1S/C17H34N2O2/c1-12(2)14-8-6-13(7-9-14)10-15(18)11-19-16(20)21-17(3,4)5/h12-15H,6-11,18H2,1-5H3,(H,19,20). The van der Waals surface area contributed by atoms with Gasteiger partial charge in [-0.1, -0.05) is 26.7 Å². The lowest BCUT2D eigenvalue weighted by Gasteiger charge is -2.32. The van der Waals surface area contributed by atoms with Crippen LogP contribution < -0.4 is 11.1 Å². The molecular formula is C17H34N2O2. The Bertz CT molecular complexity index is 315. The highest BCUT2D eigenvalue weighted by molar-refractivity contribution is 5.67. The summed E-state index contributed by atoms with van der Waals surface area (Å²) in [5, 5.41) is 2.77. The van der Waals surface area contributed by atoms with E-state index >= 15 is 0 Å². The minimum atomic E-state index is -0.455. The fourth-order valence-electron chi connectivity index (χ4n) is 3.13. The number of alkyl carbamates (subject to hydrolysis) is 1. The molecule has 1 unspecified atom stereocenters. The minimum Gasteiger partial charge on any atom is -0.444 e. The van der Waals surface area contributed by atoms with E-state index in [9.17, 15) is 4.79 Å².